The Balaban J connectivity index is 1.65. The van der Waals surface area contributed by atoms with Crippen LogP contribution in [-0.4, -0.2) is 20.6 Å². The number of carbonyl (C=O) groups is 1. The van der Waals surface area contributed by atoms with Crippen LogP contribution in [-0.2, 0) is 15.6 Å². The molecule has 0 aliphatic carbocycles. The second-order valence-corrected chi connectivity index (χ2v) is 10.9. The number of benzene rings is 3. The molecule has 4 nitrogen and oxygen atoms in total. The molecule has 1 aromatic heterocycles. The maximum Gasteiger partial charge on any atom is 0.265 e. The summed E-state index contributed by atoms with van der Waals surface area (Å²) < 4.78 is 52.6. The van der Waals surface area contributed by atoms with Crippen LogP contribution in [0.2, 0.25) is 5.02 Å². The number of anilines is 1. The van der Waals surface area contributed by atoms with Gasteiger partial charge in [0.05, 0.1) is 21.3 Å². The zero-order valence-electron chi connectivity index (χ0n) is 16.7. The van der Waals surface area contributed by atoms with Crippen molar-refractivity contribution < 1.29 is 22.0 Å². The highest BCUT2D eigenvalue weighted by atomic mass is 35.5. The molecule has 0 fully saturated rings. The molecule has 1 heterocycles. The van der Waals surface area contributed by atoms with Gasteiger partial charge in [-0.25, -0.2) is 17.2 Å². The summed E-state index contributed by atoms with van der Waals surface area (Å²) in [4.78, 5) is 13.1. The number of rotatable bonds is 5. The standard InChI is InChI=1S/C23H16ClF2NO3S2/c1-32(29,30)12-13-6-7-20-15(8-13)11-21(31-20)23(28)27-19-10-14(9-17(24)22(19)26)16-4-2-3-5-18(16)25/h2-11H,12H2,1H3,(H,27,28). The highest BCUT2D eigenvalue weighted by molar-refractivity contribution is 7.89. The smallest absolute Gasteiger partial charge is 0.265 e. The topological polar surface area (TPSA) is 63.2 Å². The van der Waals surface area contributed by atoms with Gasteiger partial charge >= 0.3 is 0 Å². The summed E-state index contributed by atoms with van der Waals surface area (Å²) in [6.45, 7) is 0. The van der Waals surface area contributed by atoms with Crippen LogP contribution in [0.4, 0.5) is 14.5 Å². The Morgan fingerprint density at radius 1 is 1.06 bits per heavy atom. The number of carbonyl (C=O) groups excluding carboxylic acids is 1. The molecule has 0 bridgehead atoms. The summed E-state index contributed by atoms with van der Waals surface area (Å²) in [5, 5.41) is 2.97. The van der Waals surface area contributed by atoms with Crippen LogP contribution in [0.1, 0.15) is 15.2 Å². The lowest BCUT2D eigenvalue weighted by molar-refractivity contribution is 0.103. The van der Waals surface area contributed by atoms with Crippen molar-refractivity contribution >= 4 is 54.5 Å². The van der Waals surface area contributed by atoms with Gasteiger partial charge < -0.3 is 5.32 Å². The molecule has 3 aromatic carbocycles. The van der Waals surface area contributed by atoms with E-state index in [4.69, 9.17) is 11.6 Å². The van der Waals surface area contributed by atoms with E-state index < -0.39 is 27.4 Å². The number of halogens is 3. The molecule has 1 N–H and O–H groups in total. The van der Waals surface area contributed by atoms with Gasteiger partial charge in [0.1, 0.15) is 5.82 Å². The maximum absolute atomic E-state index is 14.6. The van der Waals surface area contributed by atoms with Crippen LogP contribution in [0, 0.1) is 11.6 Å². The number of fused-ring (bicyclic) bond motifs is 1. The van der Waals surface area contributed by atoms with Gasteiger partial charge in [-0.05, 0) is 52.9 Å². The summed E-state index contributed by atoms with van der Waals surface area (Å²) >= 11 is 7.18. The minimum Gasteiger partial charge on any atom is -0.319 e. The Morgan fingerprint density at radius 3 is 2.53 bits per heavy atom. The quantitative estimate of drug-likeness (QED) is 0.356. The average Bonchev–Trinajstić information content (AvgIpc) is 3.14. The van der Waals surface area contributed by atoms with E-state index in [-0.39, 0.29) is 22.0 Å². The third-order valence-electron chi connectivity index (χ3n) is 4.69. The Kier molecular flexibility index (Phi) is 6.03. The third kappa shape index (κ3) is 4.82. The van der Waals surface area contributed by atoms with Crippen molar-refractivity contribution in [3.8, 4) is 11.1 Å². The zero-order chi connectivity index (χ0) is 23.0. The van der Waals surface area contributed by atoms with Crippen molar-refractivity contribution in [2.45, 2.75) is 5.75 Å². The van der Waals surface area contributed by atoms with Crippen LogP contribution < -0.4 is 5.32 Å². The van der Waals surface area contributed by atoms with E-state index in [1.807, 2.05) is 0 Å². The van der Waals surface area contributed by atoms with Gasteiger partial charge in [0.15, 0.2) is 15.7 Å². The molecule has 0 saturated carbocycles. The molecule has 4 aromatic rings. The van der Waals surface area contributed by atoms with Crippen LogP contribution in [0.5, 0.6) is 0 Å². The molecule has 9 heteroatoms. The Bertz CT molecular complexity index is 1470. The molecule has 0 atom stereocenters. The molecule has 4 rings (SSSR count). The normalized spacial score (nSPS) is 11.6. The first kappa shape index (κ1) is 22.4. The molecule has 0 aliphatic rings. The van der Waals surface area contributed by atoms with Gasteiger partial charge in [-0.3, -0.25) is 4.79 Å². The van der Waals surface area contributed by atoms with E-state index in [1.165, 1.54) is 41.7 Å². The lowest BCUT2D eigenvalue weighted by Crippen LogP contribution is -2.11. The maximum atomic E-state index is 14.6. The van der Waals surface area contributed by atoms with E-state index in [0.717, 1.165) is 11.0 Å². The zero-order valence-corrected chi connectivity index (χ0v) is 19.0. The predicted molar refractivity (Wildman–Crippen MR) is 125 cm³/mol. The number of thiophene rings is 1. The van der Waals surface area contributed by atoms with E-state index in [0.29, 0.717) is 21.4 Å². The molecular formula is C23H16ClF2NO3S2. The van der Waals surface area contributed by atoms with Gasteiger partial charge in [0, 0.05) is 16.5 Å². The van der Waals surface area contributed by atoms with E-state index in [1.54, 1.807) is 30.3 Å². The summed E-state index contributed by atoms with van der Waals surface area (Å²) in [7, 11) is -3.19. The Hall–Kier alpha value is -2.81. The predicted octanol–water partition coefficient (Wildman–Crippen LogP) is 6.30. The van der Waals surface area contributed by atoms with Crippen molar-refractivity contribution in [2.24, 2.45) is 0 Å². The fourth-order valence-corrected chi connectivity index (χ4v) is 5.25. The minimum absolute atomic E-state index is 0.104. The second-order valence-electron chi connectivity index (χ2n) is 7.31. The molecule has 0 radical (unpaired) electrons. The molecule has 0 saturated heterocycles. The first-order chi connectivity index (χ1) is 15.1. The van der Waals surface area contributed by atoms with E-state index >= 15 is 0 Å². The summed E-state index contributed by atoms with van der Waals surface area (Å²) in [6.07, 6.45) is 1.15. The van der Waals surface area contributed by atoms with Crippen LogP contribution in [0.15, 0.2) is 60.7 Å². The van der Waals surface area contributed by atoms with Crippen LogP contribution in [0.3, 0.4) is 0 Å². The van der Waals surface area contributed by atoms with Crippen molar-refractivity contribution in [3.05, 3.63) is 87.8 Å². The number of hydrogen-bond donors (Lipinski definition) is 1. The largest absolute Gasteiger partial charge is 0.319 e. The highest BCUT2D eigenvalue weighted by Crippen LogP contribution is 2.33. The molecule has 0 unspecified atom stereocenters. The SMILES string of the molecule is CS(=O)(=O)Cc1ccc2sc(C(=O)Nc3cc(-c4ccccc4F)cc(Cl)c3F)cc2c1. The van der Waals surface area contributed by atoms with Gasteiger partial charge in [-0.1, -0.05) is 35.9 Å². The van der Waals surface area contributed by atoms with Gasteiger partial charge in [-0.2, -0.15) is 0 Å². The first-order valence-corrected chi connectivity index (χ1v) is 12.6. The molecule has 0 aliphatic heterocycles. The van der Waals surface area contributed by atoms with Crippen molar-refractivity contribution in [1.29, 1.82) is 0 Å². The van der Waals surface area contributed by atoms with E-state index in [9.17, 15) is 22.0 Å². The highest BCUT2D eigenvalue weighted by Gasteiger charge is 2.17. The summed E-state index contributed by atoms with van der Waals surface area (Å²) in [6, 6.07) is 15.4. The monoisotopic (exact) mass is 491 g/mol. The Morgan fingerprint density at radius 2 is 1.81 bits per heavy atom. The van der Waals surface area contributed by atoms with Crippen LogP contribution in [0.25, 0.3) is 21.2 Å². The molecule has 1 amide bonds. The minimum atomic E-state index is -3.19. The Labute approximate surface area is 192 Å². The van der Waals surface area contributed by atoms with Crippen molar-refractivity contribution in [1.82, 2.24) is 0 Å². The molecule has 164 valence electrons. The number of amides is 1. The molecular weight excluding hydrogens is 476 g/mol. The molecule has 0 spiro atoms. The van der Waals surface area contributed by atoms with Gasteiger partial charge in [0.25, 0.3) is 5.91 Å². The first-order valence-electron chi connectivity index (χ1n) is 9.36. The average molecular weight is 492 g/mol. The summed E-state index contributed by atoms with van der Waals surface area (Å²) in [5.41, 5.74) is 0.993. The van der Waals surface area contributed by atoms with Gasteiger partial charge in [-0.15, -0.1) is 11.3 Å². The fraction of sp³-hybridized carbons (Fsp3) is 0.0870. The number of sulfone groups is 1. The third-order valence-corrected chi connectivity index (χ3v) is 6.94. The lowest BCUT2D eigenvalue weighted by Gasteiger charge is -2.10. The van der Waals surface area contributed by atoms with Crippen molar-refractivity contribution in [2.75, 3.05) is 11.6 Å². The number of hydrogen-bond acceptors (Lipinski definition) is 4. The van der Waals surface area contributed by atoms with Crippen molar-refractivity contribution in [3.63, 3.8) is 0 Å². The molecule has 32 heavy (non-hydrogen) atoms. The number of nitrogens with one attached hydrogen (secondary N) is 1. The van der Waals surface area contributed by atoms with Gasteiger partial charge in [0.2, 0.25) is 0 Å². The second kappa shape index (κ2) is 8.61. The lowest BCUT2D eigenvalue weighted by atomic mass is 10.0. The fourth-order valence-electron chi connectivity index (χ4n) is 3.31. The van der Waals surface area contributed by atoms with Crippen LogP contribution >= 0.6 is 22.9 Å². The summed E-state index contributed by atoms with van der Waals surface area (Å²) in [5.74, 6) is -1.98. The van der Waals surface area contributed by atoms with E-state index in [2.05, 4.69) is 5.32 Å².